The fourth-order valence-corrected chi connectivity index (χ4v) is 5.38. The van der Waals surface area contributed by atoms with Crippen molar-refractivity contribution >= 4 is 17.6 Å². The Balaban J connectivity index is 1.25. The summed E-state index contributed by atoms with van der Waals surface area (Å²) in [5, 5.41) is 6.91. The topological polar surface area (TPSA) is 101 Å². The first-order chi connectivity index (χ1) is 14.5. The van der Waals surface area contributed by atoms with Crippen LogP contribution in [0.3, 0.4) is 0 Å². The van der Waals surface area contributed by atoms with Crippen molar-refractivity contribution in [3.8, 4) is 0 Å². The number of carbonyl (C=O) groups excluding carboxylic acids is 2. The molecule has 1 aromatic carbocycles. The molecule has 1 N–H and O–H groups in total. The van der Waals surface area contributed by atoms with E-state index in [2.05, 4.69) is 20.4 Å². The Morgan fingerprint density at radius 3 is 2.73 bits per heavy atom. The summed E-state index contributed by atoms with van der Waals surface area (Å²) in [4.78, 5) is 36.6. The van der Waals surface area contributed by atoms with Crippen molar-refractivity contribution in [2.24, 2.45) is 11.3 Å². The van der Waals surface area contributed by atoms with E-state index in [9.17, 15) is 9.59 Å². The maximum Gasteiger partial charge on any atom is 0.274 e. The molecule has 4 atom stereocenters. The zero-order chi connectivity index (χ0) is 20.7. The van der Waals surface area contributed by atoms with Gasteiger partial charge in [-0.15, -0.1) is 0 Å². The Labute approximate surface area is 172 Å². The van der Waals surface area contributed by atoms with Gasteiger partial charge in [0.25, 0.3) is 11.8 Å². The highest BCUT2D eigenvalue weighted by atomic mass is 16.5. The van der Waals surface area contributed by atoms with Gasteiger partial charge in [0.1, 0.15) is 11.3 Å². The second-order valence-electron chi connectivity index (χ2n) is 8.47. The Morgan fingerprint density at radius 1 is 1.23 bits per heavy atom. The van der Waals surface area contributed by atoms with E-state index in [-0.39, 0.29) is 28.9 Å². The summed E-state index contributed by atoms with van der Waals surface area (Å²) in [5.41, 5.74) is 0.789. The first-order valence-electron chi connectivity index (χ1n) is 9.89. The molecule has 2 saturated carbocycles. The molecule has 150 valence electrons. The third-order valence-corrected chi connectivity index (χ3v) is 7.03. The molecule has 2 aromatic heterocycles. The fourth-order valence-electron chi connectivity index (χ4n) is 5.38. The second kappa shape index (κ2) is 5.53. The Kier molecular flexibility index (Phi) is 3.19. The summed E-state index contributed by atoms with van der Waals surface area (Å²) >= 11 is 0. The molecule has 2 aliphatic carbocycles. The number of benzene rings is 1. The summed E-state index contributed by atoms with van der Waals surface area (Å²) in [7, 11) is 1.68. The zero-order valence-corrected chi connectivity index (χ0v) is 16.5. The monoisotopic (exact) mass is 401 g/mol. The first kappa shape index (κ1) is 17.3. The molecule has 2 aliphatic heterocycles. The Hall–Kier alpha value is -3.55. The van der Waals surface area contributed by atoms with Crippen molar-refractivity contribution in [3.63, 3.8) is 0 Å². The molecule has 0 radical (unpaired) electrons. The molecule has 3 aromatic rings. The molecule has 8 heteroatoms. The van der Waals surface area contributed by atoms with Gasteiger partial charge in [0.2, 0.25) is 0 Å². The quantitative estimate of drug-likeness (QED) is 0.717. The number of nitrogens with one attached hydrogen (secondary N) is 1. The van der Waals surface area contributed by atoms with Crippen LogP contribution in [0.15, 0.2) is 53.3 Å². The van der Waals surface area contributed by atoms with Gasteiger partial charge < -0.3 is 9.84 Å². The van der Waals surface area contributed by atoms with Crippen molar-refractivity contribution in [2.75, 3.05) is 11.9 Å². The smallest absolute Gasteiger partial charge is 0.274 e. The predicted octanol–water partition coefficient (Wildman–Crippen LogP) is 1.93. The molecule has 0 spiro atoms. The molecule has 2 fully saturated rings. The lowest BCUT2D eigenvalue weighted by molar-refractivity contribution is -0.123. The lowest BCUT2D eigenvalue weighted by atomic mass is 9.88. The van der Waals surface area contributed by atoms with E-state index in [4.69, 9.17) is 4.52 Å². The van der Waals surface area contributed by atoms with Crippen LogP contribution in [0.4, 0.5) is 5.82 Å². The minimum absolute atomic E-state index is 0.0255. The highest BCUT2D eigenvalue weighted by Gasteiger charge is 2.98. The number of rotatable bonds is 4. The Morgan fingerprint density at radius 2 is 1.97 bits per heavy atom. The first-order valence-corrected chi connectivity index (χ1v) is 9.89. The molecule has 4 unspecified atom stereocenters. The van der Waals surface area contributed by atoms with E-state index in [1.165, 1.54) is 4.90 Å². The fraction of sp³-hybridized carbons (Fsp3) is 0.318. The molecule has 0 saturated heterocycles. The molecule has 30 heavy (non-hydrogen) atoms. The van der Waals surface area contributed by atoms with Gasteiger partial charge in [0.05, 0.1) is 5.69 Å². The number of likely N-dealkylation sites (N-methyl/N-ethyl adjacent to an activating group) is 1. The normalized spacial score (nSPS) is 30.2. The van der Waals surface area contributed by atoms with E-state index in [0.717, 1.165) is 11.3 Å². The van der Waals surface area contributed by atoms with Crippen LogP contribution in [-0.2, 0) is 11.2 Å². The van der Waals surface area contributed by atoms with Crippen molar-refractivity contribution < 1.29 is 14.1 Å². The molecule has 4 aliphatic rings. The van der Waals surface area contributed by atoms with Crippen LogP contribution in [0.25, 0.3) is 0 Å². The van der Waals surface area contributed by atoms with Gasteiger partial charge in [0.15, 0.2) is 11.5 Å². The standard InChI is InChI=1S/C22H19N5O3/c1-21-15-16-18(24-9-8-23-16)27(2)20(29)22(21,17(15)21)25-19(28)14-11-13(30-26-14)10-12-6-4-3-5-7-12/h3-9,11,15,17H,10H2,1-2H3,(H,25,28). The average Bonchev–Trinajstić information content (AvgIpc) is 3.45. The lowest BCUT2D eigenvalue weighted by Crippen LogP contribution is -2.56. The predicted molar refractivity (Wildman–Crippen MR) is 106 cm³/mol. The van der Waals surface area contributed by atoms with E-state index < -0.39 is 11.4 Å². The molecule has 4 heterocycles. The molecule has 7 rings (SSSR count). The maximum absolute atomic E-state index is 13.3. The average molecular weight is 401 g/mol. The molecule has 2 bridgehead atoms. The van der Waals surface area contributed by atoms with Gasteiger partial charge in [-0.25, -0.2) is 4.98 Å². The lowest BCUT2D eigenvalue weighted by Gasteiger charge is -2.28. The Bertz CT molecular complexity index is 1210. The van der Waals surface area contributed by atoms with Crippen LogP contribution in [0.1, 0.15) is 40.3 Å². The highest BCUT2D eigenvalue weighted by molar-refractivity contribution is 6.11. The van der Waals surface area contributed by atoms with Gasteiger partial charge in [-0.1, -0.05) is 42.4 Å². The summed E-state index contributed by atoms with van der Waals surface area (Å²) < 4.78 is 5.35. The van der Waals surface area contributed by atoms with Crippen molar-refractivity contribution in [3.05, 3.63) is 71.5 Å². The minimum atomic E-state index is -0.940. The SMILES string of the molecule is CN1C(=O)C2(NC(=O)c3cc(Cc4ccccc4)on3)C3C(c4nccnc41)C32C. The van der Waals surface area contributed by atoms with E-state index >= 15 is 0 Å². The van der Waals surface area contributed by atoms with Crippen molar-refractivity contribution in [1.82, 2.24) is 20.4 Å². The van der Waals surface area contributed by atoms with Gasteiger partial charge in [-0.2, -0.15) is 0 Å². The summed E-state index contributed by atoms with van der Waals surface area (Å²) in [6.45, 7) is 2.03. The second-order valence-corrected chi connectivity index (χ2v) is 8.47. The van der Waals surface area contributed by atoms with Crippen LogP contribution in [0.2, 0.25) is 0 Å². The number of carbonyl (C=O) groups is 2. The van der Waals surface area contributed by atoms with Crippen LogP contribution in [-0.4, -0.2) is 39.5 Å². The van der Waals surface area contributed by atoms with Gasteiger partial charge in [0, 0.05) is 49.2 Å². The van der Waals surface area contributed by atoms with Crippen LogP contribution < -0.4 is 10.2 Å². The van der Waals surface area contributed by atoms with Gasteiger partial charge >= 0.3 is 0 Å². The number of hydrogen-bond donors (Lipinski definition) is 1. The van der Waals surface area contributed by atoms with Crippen LogP contribution in [0.5, 0.6) is 0 Å². The van der Waals surface area contributed by atoms with Crippen LogP contribution in [0, 0.1) is 11.3 Å². The number of aromatic nitrogens is 3. The summed E-state index contributed by atoms with van der Waals surface area (Å²) in [6.07, 6.45) is 3.77. The van der Waals surface area contributed by atoms with Gasteiger partial charge in [-0.05, 0) is 5.56 Å². The van der Waals surface area contributed by atoms with Gasteiger partial charge in [-0.3, -0.25) is 19.5 Å². The number of anilines is 1. The van der Waals surface area contributed by atoms with E-state index in [1.54, 1.807) is 25.5 Å². The van der Waals surface area contributed by atoms with Crippen molar-refractivity contribution in [1.29, 1.82) is 0 Å². The van der Waals surface area contributed by atoms with Crippen molar-refractivity contribution in [2.45, 2.75) is 24.8 Å². The van der Waals surface area contributed by atoms with Crippen LogP contribution >= 0.6 is 0 Å². The minimum Gasteiger partial charge on any atom is -0.360 e. The third kappa shape index (κ3) is 1.98. The molecule has 2 amide bonds. The number of fused-ring (bicyclic) bond motifs is 1. The third-order valence-electron chi connectivity index (χ3n) is 7.03. The molecule has 8 nitrogen and oxygen atoms in total. The summed E-state index contributed by atoms with van der Waals surface area (Å²) in [5.74, 6) is 0.755. The molecular weight excluding hydrogens is 382 g/mol. The highest BCUT2D eigenvalue weighted by Crippen LogP contribution is 2.91. The zero-order valence-electron chi connectivity index (χ0n) is 16.5. The number of hydrogen-bond acceptors (Lipinski definition) is 6. The van der Waals surface area contributed by atoms with E-state index in [1.807, 2.05) is 37.3 Å². The number of amides is 2. The number of nitrogens with zero attached hydrogens (tertiary/aromatic N) is 4. The largest absolute Gasteiger partial charge is 0.360 e. The van der Waals surface area contributed by atoms with E-state index in [0.29, 0.717) is 18.0 Å². The molecular formula is C22H19N5O3. The summed E-state index contributed by atoms with van der Waals surface area (Å²) in [6, 6.07) is 11.5. The maximum atomic E-state index is 13.3.